The molecular weight excluding hydrogens is 415 g/mol. The minimum atomic E-state index is -0.280. The van der Waals surface area contributed by atoms with Crippen LogP contribution in [-0.2, 0) is 11.2 Å². The van der Waals surface area contributed by atoms with Crippen molar-refractivity contribution in [3.05, 3.63) is 69.9 Å². The molecule has 1 aromatic heterocycles. The summed E-state index contributed by atoms with van der Waals surface area (Å²) >= 11 is 12.2. The lowest BCUT2D eigenvalue weighted by molar-refractivity contribution is -0.120. The number of methoxy groups -OCH3 is 2. The largest absolute Gasteiger partial charge is 0.493 e. The fourth-order valence-electron chi connectivity index (χ4n) is 2.64. The van der Waals surface area contributed by atoms with Crippen LogP contribution in [0.5, 0.6) is 11.5 Å². The molecule has 6 nitrogen and oxygen atoms in total. The van der Waals surface area contributed by atoms with Crippen LogP contribution in [0.2, 0.25) is 10.0 Å². The van der Waals surface area contributed by atoms with E-state index in [4.69, 9.17) is 37.1 Å². The molecular formula is C21H18Cl2N2O4. The molecule has 3 rings (SSSR count). The molecule has 1 amide bonds. The zero-order chi connectivity index (χ0) is 20.8. The number of halogens is 2. The third-order valence-corrected chi connectivity index (χ3v) is 4.58. The van der Waals surface area contributed by atoms with Gasteiger partial charge in [-0.25, -0.2) is 5.43 Å². The molecule has 0 aliphatic heterocycles. The predicted molar refractivity (Wildman–Crippen MR) is 113 cm³/mol. The van der Waals surface area contributed by atoms with E-state index >= 15 is 0 Å². The van der Waals surface area contributed by atoms with Crippen molar-refractivity contribution in [2.75, 3.05) is 14.2 Å². The number of carbonyl (C=O) groups is 1. The molecule has 0 aliphatic carbocycles. The van der Waals surface area contributed by atoms with Crippen LogP contribution in [-0.4, -0.2) is 26.3 Å². The van der Waals surface area contributed by atoms with E-state index in [1.807, 2.05) is 0 Å². The lowest BCUT2D eigenvalue weighted by Crippen LogP contribution is -2.19. The SMILES string of the molecule is COc1ccc(CC(=O)N/N=C\c2ccc(-c3cc(Cl)ccc3Cl)o2)cc1OC. The maximum Gasteiger partial charge on any atom is 0.244 e. The maximum atomic E-state index is 12.1. The molecule has 0 atom stereocenters. The van der Waals surface area contributed by atoms with Gasteiger partial charge in [-0.15, -0.1) is 0 Å². The number of amides is 1. The number of nitrogens with one attached hydrogen (secondary N) is 1. The van der Waals surface area contributed by atoms with E-state index in [2.05, 4.69) is 10.5 Å². The Morgan fingerprint density at radius 2 is 1.86 bits per heavy atom. The number of hydrogen-bond donors (Lipinski definition) is 1. The van der Waals surface area contributed by atoms with Crippen LogP contribution >= 0.6 is 23.2 Å². The molecule has 1 N–H and O–H groups in total. The average molecular weight is 433 g/mol. The van der Waals surface area contributed by atoms with Crippen LogP contribution in [0.4, 0.5) is 0 Å². The lowest BCUT2D eigenvalue weighted by Gasteiger charge is -2.09. The van der Waals surface area contributed by atoms with Crippen LogP contribution in [0.3, 0.4) is 0 Å². The maximum absolute atomic E-state index is 12.1. The van der Waals surface area contributed by atoms with Crippen LogP contribution in [0, 0.1) is 0 Å². The molecule has 3 aromatic rings. The highest BCUT2D eigenvalue weighted by Gasteiger charge is 2.10. The fraction of sp³-hybridized carbons (Fsp3) is 0.143. The minimum Gasteiger partial charge on any atom is -0.493 e. The second-order valence-electron chi connectivity index (χ2n) is 5.99. The van der Waals surface area contributed by atoms with Crippen molar-refractivity contribution in [3.63, 3.8) is 0 Å². The smallest absolute Gasteiger partial charge is 0.244 e. The van der Waals surface area contributed by atoms with Crippen molar-refractivity contribution in [1.82, 2.24) is 5.43 Å². The van der Waals surface area contributed by atoms with Gasteiger partial charge in [-0.2, -0.15) is 5.10 Å². The minimum absolute atomic E-state index is 0.138. The van der Waals surface area contributed by atoms with Crippen molar-refractivity contribution >= 4 is 35.3 Å². The van der Waals surface area contributed by atoms with Crippen molar-refractivity contribution in [3.8, 4) is 22.8 Å². The lowest BCUT2D eigenvalue weighted by atomic mass is 10.1. The van der Waals surface area contributed by atoms with Crippen molar-refractivity contribution in [1.29, 1.82) is 0 Å². The Bertz CT molecular complexity index is 1050. The van der Waals surface area contributed by atoms with Gasteiger partial charge in [-0.3, -0.25) is 4.79 Å². The zero-order valence-corrected chi connectivity index (χ0v) is 17.3. The summed E-state index contributed by atoms with van der Waals surface area (Å²) in [7, 11) is 3.10. The first-order valence-electron chi connectivity index (χ1n) is 8.58. The Morgan fingerprint density at radius 1 is 1.07 bits per heavy atom. The van der Waals surface area contributed by atoms with E-state index in [0.717, 1.165) is 5.56 Å². The van der Waals surface area contributed by atoms with Gasteiger partial charge in [0.2, 0.25) is 5.91 Å². The number of rotatable bonds is 7. The first kappa shape index (κ1) is 20.8. The first-order valence-corrected chi connectivity index (χ1v) is 9.34. The van der Waals surface area contributed by atoms with Crippen molar-refractivity contribution in [2.24, 2.45) is 5.10 Å². The summed E-state index contributed by atoms with van der Waals surface area (Å²) in [5.41, 5.74) is 3.91. The van der Waals surface area contributed by atoms with E-state index in [-0.39, 0.29) is 12.3 Å². The van der Waals surface area contributed by atoms with Crippen molar-refractivity contribution < 1.29 is 18.7 Å². The molecule has 0 saturated carbocycles. The number of benzene rings is 2. The van der Waals surface area contributed by atoms with Crippen LogP contribution in [0.25, 0.3) is 11.3 Å². The molecule has 150 valence electrons. The number of nitrogens with zero attached hydrogens (tertiary/aromatic N) is 1. The Kier molecular flexibility index (Phi) is 6.80. The molecule has 2 aromatic carbocycles. The molecule has 0 spiro atoms. The average Bonchev–Trinajstić information content (AvgIpc) is 3.18. The number of ether oxygens (including phenoxy) is 2. The highest BCUT2D eigenvalue weighted by atomic mass is 35.5. The molecule has 0 bridgehead atoms. The van der Waals surface area contributed by atoms with E-state index in [1.54, 1.807) is 62.8 Å². The van der Waals surface area contributed by atoms with E-state index in [0.29, 0.717) is 38.6 Å². The standard InChI is InChI=1S/C21H18Cl2N2O4/c1-27-19-7-3-13(9-20(19)28-2)10-21(26)25-24-12-15-5-8-18(29-15)16-11-14(22)4-6-17(16)23/h3-9,11-12H,10H2,1-2H3,(H,25,26)/b24-12-. The molecule has 0 fully saturated rings. The summed E-state index contributed by atoms with van der Waals surface area (Å²) in [5, 5.41) is 5.01. The fourth-order valence-corrected chi connectivity index (χ4v) is 3.02. The summed E-state index contributed by atoms with van der Waals surface area (Å²) in [6, 6.07) is 13.9. The van der Waals surface area contributed by atoms with Crippen LogP contribution in [0.1, 0.15) is 11.3 Å². The Morgan fingerprint density at radius 3 is 2.62 bits per heavy atom. The third-order valence-electron chi connectivity index (χ3n) is 4.01. The summed E-state index contributed by atoms with van der Waals surface area (Å²) < 4.78 is 16.1. The van der Waals surface area contributed by atoms with Gasteiger partial charge < -0.3 is 13.9 Å². The number of furan rings is 1. The van der Waals surface area contributed by atoms with Gasteiger partial charge in [-0.1, -0.05) is 29.3 Å². The Labute approximate surface area is 178 Å². The van der Waals surface area contributed by atoms with Crippen LogP contribution < -0.4 is 14.9 Å². The van der Waals surface area contributed by atoms with Gasteiger partial charge in [0, 0.05) is 10.6 Å². The van der Waals surface area contributed by atoms with Gasteiger partial charge >= 0.3 is 0 Å². The van der Waals surface area contributed by atoms with Crippen LogP contribution in [0.15, 0.2) is 58.0 Å². The van der Waals surface area contributed by atoms with Gasteiger partial charge in [0.05, 0.1) is 31.9 Å². The molecule has 1 heterocycles. The second kappa shape index (κ2) is 9.49. The highest BCUT2D eigenvalue weighted by Crippen LogP contribution is 2.31. The Balaban J connectivity index is 1.61. The topological polar surface area (TPSA) is 73.1 Å². The third kappa shape index (κ3) is 5.31. The second-order valence-corrected chi connectivity index (χ2v) is 6.83. The predicted octanol–water partition coefficient (Wildman–Crippen LogP) is 4.96. The summed E-state index contributed by atoms with van der Waals surface area (Å²) in [4.78, 5) is 12.1. The number of hydrazone groups is 1. The summed E-state index contributed by atoms with van der Waals surface area (Å²) in [5.74, 6) is 1.89. The van der Waals surface area contributed by atoms with Gasteiger partial charge in [-0.05, 0) is 48.0 Å². The van der Waals surface area contributed by atoms with Gasteiger partial charge in [0.1, 0.15) is 11.5 Å². The quantitative estimate of drug-likeness (QED) is 0.422. The number of hydrogen-bond acceptors (Lipinski definition) is 5. The summed E-state index contributed by atoms with van der Waals surface area (Å²) in [6.07, 6.45) is 1.55. The molecule has 0 radical (unpaired) electrons. The molecule has 0 saturated heterocycles. The Hall–Kier alpha value is -2.96. The number of carbonyl (C=O) groups excluding carboxylic acids is 1. The highest BCUT2D eigenvalue weighted by molar-refractivity contribution is 6.35. The van der Waals surface area contributed by atoms with Gasteiger partial charge in [0.15, 0.2) is 11.5 Å². The van der Waals surface area contributed by atoms with Gasteiger partial charge in [0.25, 0.3) is 0 Å². The van der Waals surface area contributed by atoms with E-state index < -0.39 is 0 Å². The summed E-state index contributed by atoms with van der Waals surface area (Å²) in [6.45, 7) is 0. The first-order chi connectivity index (χ1) is 14.0. The molecule has 0 unspecified atom stereocenters. The van der Waals surface area contributed by atoms with Crippen molar-refractivity contribution in [2.45, 2.75) is 6.42 Å². The van der Waals surface area contributed by atoms with E-state index in [9.17, 15) is 4.79 Å². The molecule has 29 heavy (non-hydrogen) atoms. The molecule has 8 heteroatoms. The monoisotopic (exact) mass is 432 g/mol. The normalized spacial score (nSPS) is 10.9. The zero-order valence-electron chi connectivity index (χ0n) is 15.7. The molecule has 0 aliphatic rings. The van der Waals surface area contributed by atoms with E-state index in [1.165, 1.54) is 6.21 Å².